The van der Waals surface area contributed by atoms with Crippen molar-refractivity contribution in [1.82, 2.24) is 9.88 Å². The summed E-state index contributed by atoms with van der Waals surface area (Å²) < 4.78 is 73.4. The molecule has 1 aliphatic heterocycles. The van der Waals surface area contributed by atoms with E-state index in [2.05, 4.69) is 15.9 Å². The monoisotopic (exact) mass is 529 g/mol. The Morgan fingerprint density at radius 3 is 2.21 bits per heavy atom. The molecule has 1 aliphatic rings. The lowest BCUT2D eigenvalue weighted by molar-refractivity contribution is -0.138. The highest BCUT2D eigenvalue weighted by Crippen LogP contribution is 2.38. The Morgan fingerprint density at radius 1 is 0.970 bits per heavy atom. The number of imide groups is 1. The van der Waals surface area contributed by atoms with Crippen molar-refractivity contribution in [3.63, 3.8) is 0 Å². The molecule has 4 rings (SSSR count). The van der Waals surface area contributed by atoms with Gasteiger partial charge in [-0.1, -0.05) is 15.9 Å². The van der Waals surface area contributed by atoms with Crippen LogP contribution in [-0.2, 0) is 6.18 Å². The third kappa shape index (κ3) is 3.84. The van der Waals surface area contributed by atoms with Crippen molar-refractivity contribution in [3.05, 3.63) is 79.5 Å². The van der Waals surface area contributed by atoms with Gasteiger partial charge in [-0.2, -0.15) is 13.2 Å². The summed E-state index contributed by atoms with van der Waals surface area (Å²) >= 11 is 3.15. The van der Waals surface area contributed by atoms with Crippen molar-refractivity contribution in [2.24, 2.45) is 0 Å². The van der Waals surface area contributed by atoms with E-state index < -0.39 is 52.3 Å². The number of nitrogen functional groups attached to an aromatic ring is 1. The van der Waals surface area contributed by atoms with Gasteiger partial charge in [0.25, 0.3) is 17.4 Å². The molecule has 33 heavy (non-hydrogen) atoms. The van der Waals surface area contributed by atoms with Gasteiger partial charge >= 0.3 is 6.18 Å². The molecule has 0 aliphatic carbocycles. The van der Waals surface area contributed by atoms with Crippen molar-refractivity contribution >= 4 is 33.6 Å². The Balaban J connectivity index is 1.89. The van der Waals surface area contributed by atoms with E-state index in [1.807, 2.05) is 5.32 Å². The number of benzene rings is 2. The number of nitrogens with one attached hydrogen (secondary N) is 1. The minimum Gasteiger partial charge on any atom is -0.449 e. The highest BCUT2D eigenvalue weighted by molar-refractivity contribution is 9.10. The average molecular weight is 530 g/mol. The van der Waals surface area contributed by atoms with E-state index >= 15 is 0 Å². The smallest absolute Gasteiger partial charge is 0.416 e. The van der Waals surface area contributed by atoms with Crippen LogP contribution in [-0.4, -0.2) is 16.4 Å². The van der Waals surface area contributed by atoms with Crippen molar-refractivity contribution in [2.75, 3.05) is 5.73 Å². The molecule has 0 bridgehead atoms. The lowest BCUT2D eigenvalue weighted by atomic mass is 10.1. The molecule has 3 N–H and O–H groups in total. The number of carbonyl (C=O) groups is 2. The third-order valence-corrected chi connectivity index (χ3v) is 5.15. The van der Waals surface area contributed by atoms with E-state index in [9.17, 15) is 36.3 Å². The number of nitrogens with zero attached hydrogens (tertiary/aromatic N) is 1. The van der Waals surface area contributed by atoms with Crippen LogP contribution in [0.1, 0.15) is 26.3 Å². The molecule has 0 fully saturated rings. The summed E-state index contributed by atoms with van der Waals surface area (Å²) in [4.78, 5) is 36.6. The predicted molar refractivity (Wildman–Crippen MR) is 107 cm³/mol. The van der Waals surface area contributed by atoms with Crippen LogP contribution in [0.3, 0.4) is 0 Å². The molecule has 0 atom stereocenters. The minimum absolute atomic E-state index is 0.0584. The maximum absolute atomic E-state index is 14.3. The molecule has 0 radical (unpaired) electrons. The van der Waals surface area contributed by atoms with Crippen LogP contribution in [0.2, 0.25) is 0 Å². The summed E-state index contributed by atoms with van der Waals surface area (Å²) in [6.07, 6.45) is -4.99. The molecule has 7 nitrogen and oxygen atoms in total. The van der Waals surface area contributed by atoms with E-state index in [1.165, 1.54) is 18.2 Å². The second-order valence-corrected chi connectivity index (χ2v) is 7.67. The second kappa shape index (κ2) is 7.69. The van der Waals surface area contributed by atoms with Crippen LogP contribution in [0.5, 0.6) is 11.5 Å². The molecule has 0 saturated carbocycles. The number of amides is 2. The van der Waals surface area contributed by atoms with Gasteiger partial charge in [-0.25, -0.2) is 8.78 Å². The first-order valence-electron chi connectivity index (χ1n) is 8.83. The highest BCUT2D eigenvalue weighted by atomic mass is 79.9. The molecule has 2 aromatic carbocycles. The van der Waals surface area contributed by atoms with Gasteiger partial charge in [0, 0.05) is 10.5 Å². The van der Waals surface area contributed by atoms with Gasteiger partial charge in [-0.3, -0.25) is 24.3 Å². The van der Waals surface area contributed by atoms with Gasteiger partial charge in [0.1, 0.15) is 5.82 Å². The molecule has 0 saturated heterocycles. The molecule has 1 aromatic heterocycles. The standard InChI is InChI=1S/C20H9BrF5N3O4/c21-8-1-2-13(33-16-10(22)3-7(4-11(16)23)20(24,25)26)12(5-8)29-14(30)6-9-15(17(29)27)19(32)28-18(9)31/h1-6H,27H2,(H,28,31,32). The zero-order chi connectivity index (χ0) is 24.2. The first kappa shape index (κ1) is 22.5. The third-order valence-electron chi connectivity index (χ3n) is 4.65. The van der Waals surface area contributed by atoms with E-state index in [0.717, 1.165) is 10.6 Å². The summed E-state index contributed by atoms with van der Waals surface area (Å²) in [5, 5.41) is 1.99. The summed E-state index contributed by atoms with van der Waals surface area (Å²) in [5.41, 5.74) is 2.77. The highest BCUT2D eigenvalue weighted by Gasteiger charge is 2.34. The number of rotatable bonds is 3. The van der Waals surface area contributed by atoms with Crippen molar-refractivity contribution in [3.8, 4) is 17.2 Å². The topological polar surface area (TPSA) is 103 Å². The Kier molecular flexibility index (Phi) is 5.23. The van der Waals surface area contributed by atoms with Gasteiger partial charge in [-0.05, 0) is 30.3 Å². The van der Waals surface area contributed by atoms with Crippen LogP contribution in [0, 0.1) is 11.6 Å². The van der Waals surface area contributed by atoms with Gasteiger partial charge in [0.2, 0.25) is 0 Å². The Hall–Kier alpha value is -3.74. The number of nitrogens with two attached hydrogens (primary N) is 1. The zero-order valence-corrected chi connectivity index (χ0v) is 17.5. The predicted octanol–water partition coefficient (Wildman–Crippen LogP) is 4.16. The zero-order valence-electron chi connectivity index (χ0n) is 15.9. The fourth-order valence-corrected chi connectivity index (χ4v) is 3.56. The van der Waals surface area contributed by atoms with Gasteiger partial charge in [-0.15, -0.1) is 0 Å². The number of hydrogen-bond donors (Lipinski definition) is 2. The summed E-state index contributed by atoms with van der Waals surface area (Å²) in [7, 11) is 0. The number of hydrogen-bond acceptors (Lipinski definition) is 5. The molecule has 0 spiro atoms. The fraction of sp³-hybridized carbons (Fsp3) is 0.0500. The van der Waals surface area contributed by atoms with Gasteiger partial charge in [0.05, 0.1) is 22.4 Å². The van der Waals surface area contributed by atoms with E-state index in [-0.39, 0.29) is 34.7 Å². The van der Waals surface area contributed by atoms with Crippen LogP contribution >= 0.6 is 15.9 Å². The average Bonchev–Trinajstić information content (AvgIpc) is 2.98. The van der Waals surface area contributed by atoms with Crippen LogP contribution in [0.15, 0.2) is 45.7 Å². The number of halogens is 6. The quantitative estimate of drug-likeness (QED) is 0.391. The number of ether oxygens (including phenoxy) is 1. The number of aromatic nitrogens is 1. The number of pyridine rings is 1. The first-order valence-corrected chi connectivity index (χ1v) is 9.63. The summed E-state index contributed by atoms with van der Waals surface area (Å²) in [6.45, 7) is 0. The Bertz CT molecular complexity index is 1400. The number of alkyl halides is 3. The molecular weight excluding hydrogens is 521 g/mol. The minimum atomic E-state index is -4.99. The number of carbonyl (C=O) groups excluding carboxylic acids is 2. The molecule has 0 unspecified atom stereocenters. The first-order chi connectivity index (χ1) is 15.4. The van der Waals surface area contributed by atoms with E-state index in [4.69, 9.17) is 10.5 Å². The summed E-state index contributed by atoms with van der Waals surface area (Å²) in [6, 6.07) is 4.75. The van der Waals surface area contributed by atoms with Gasteiger partial charge in [0.15, 0.2) is 23.1 Å². The summed E-state index contributed by atoms with van der Waals surface area (Å²) in [5.74, 6) is -6.98. The number of fused-ring (bicyclic) bond motifs is 1. The van der Waals surface area contributed by atoms with E-state index in [1.54, 1.807) is 0 Å². The van der Waals surface area contributed by atoms with Crippen molar-refractivity contribution < 1.29 is 36.3 Å². The molecule has 2 heterocycles. The van der Waals surface area contributed by atoms with Crippen molar-refractivity contribution in [1.29, 1.82) is 0 Å². The van der Waals surface area contributed by atoms with Crippen molar-refractivity contribution in [2.45, 2.75) is 6.18 Å². The lowest BCUT2D eigenvalue weighted by Gasteiger charge is -2.17. The Labute approximate surface area is 188 Å². The maximum atomic E-state index is 14.3. The molecule has 2 amide bonds. The van der Waals surface area contributed by atoms with Gasteiger partial charge < -0.3 is 10.5 Å². The lowest BCUT2D eigenvalue weighted by Crippen LogP contribution is -2.24. The molecule has 13 heteroatoms. The van der Waals surface area contributed by atoms with E-state index in [0.29, 0.717) is 4.47 Å². The maximum Gasteiger partial charge on any atom is 0.416 e. The number of anilines is 1. The van der Waals surface area contributed by atoms with Crippen LogP contribution in [0.25, 0.3) is 5.69 Å². The second-order valence-electron chi connectivity index (χ2n) is 6.76. The van der Waals surface area contributed by atoms with Crippen LogP contribution in [0.4, 0.5) is 27.8 Å². The molecule has 170 valence electrons. The SMILES string of the molecule is Nc1c2c(cc(=O)n1-c1cc(Br)ccc1Oc1c(F)cc(C(F)(F)F)cc1F)C(=O)NC2=O. The normalized spacial score (nSPS) is 13.2. The molecule has 3 aromatic rings. The fourth-order valence-electron chi connectivity index (χ4n) is 3.21. The Morgan fingerprint density at radius 2 is 1.61 bits per heavy atom. The largest absolute Gasteiger partial charge is 0.449 e. The van der Waals surface area contributed by atoms with Crippen LogP contribution < -0.4 is 21.3 Å². The molecular formula is C20H9BrF5N3O4.